The number of carboxylic acids is 1. The molecule has 0 fully saturated rings. The summed E-state index contributed by atoms with van der Waals surface area (Å²) in [6, 6.07) is -3.15. The highest BCUT2D eigenvalue weighted by Gasteiger charge is 2.31. The number of aliphatic carboxylic acids is 1. The molecule has 0 aliphatic heterocycles. The Labute approximate surface area is 146 Å². The minimum absolute atomic E-state index is 0.0870. The number of hydrogen-bond acceptors (Lipinski definition) is 6. The van der Waals surface area contributed by atoms with Gasteiger partial charge in [-0.3, -0.25) is 9.59 Å². The van der Waals surface area contributed by atoms with Gasteiger partial charge in [0.1, 0.15) is 12.1 Å². The van der Waals surface area contributed by atoms with Gasteiger partial charge in [0.05, 0.1) is 12.1 Å². The van der Waals surface area contributed by atoms with E-state index in [0.717, 1.165) is 0 Å². The number of aliphatic hydroxyl groups is 1. The van der Waals surface area contributed by atoms with Crippen LogP contribution in [0.2, 0.25) is 0 Å². The van der Waals surface area contributed by atoms with E-state index < -0.39 is 42.0 Å². The van der Waals surface area contributed by atoms with Crippen LogP contribution >= 0.6 is 11.8 Å². The molecule has 140 valence electrons. The van der Waals surface area contributed by atoms with Crippen LogP contribution in [0.15, 0.2) is 0 Å². The monoisotopic (exact) mass is 363 g/mol. The van der Waals surface area contributed by atoms with Gasteiger partial charge in [0.2, 0.25) is 11.8 Å². The lowest BCUT2D eigenvalue weighted by atomic mass is 9.98. The van der Waals surface area contributed by atoms with Gasteiger partial charge in [-0.15, -0.1) is 0 Å². The first-order chi connectivity index (χ1) is 11.1. The maximum Gasteiger partial charge on any atom is 0.326 e. The van der Waals surface area contributed by atoms with Gasteiger partial charge in [0.25, 0.3) is 0 Å². The largest absolute Gasteiger partial charge is 0.480 e. The van der Waals surface area contributed by atoms with Crippen molar-refractivity contribution < 1.29 is 24.6 Å². The highest BCUT2D eigenvalue weighted by molar-refractivity contribution is 7.98. The molecule has 5 unspecified atom stereocenters. The van der Waals surface area contributed by atoms with Gasteiger partial charge in [-0.1, -0.05) is 20.3 Å². The third-order valence-electron chi connectivity index (χ3n) is 3.85. The Morgan fingerprint density at radius 3 is 2.17 bits per heavy atom. The Hall–Kier alpha value is -1.32. The van der Waals surface area contributed by atoms with Crippen LogP contribution < -0.4 is 16.4 Å². The highest BCUT2D eigenvalue weighted by Crippen LogP contribution is 2.07. The van der Waals surface area contributed by atoms with E-state index in [9.17, 15) is 19.5 Å². The van der Waals surface area contributed by atoms with Crippen LogP contribution in [0.4, 0.5) is 0 Å². The molecule has 0 aromatic heterocycles. The third kappa shape index (κ3) is 7.50. The molecule has 0 rings (SSSR count). The number of amides is 2. The molecule has 0 radical (unpaired) electrons. The van der Waals surface area contributed by atoms with Gasteiger partial charge >= 0.3 is 5.97 Å². The molecular weight excluding hydrogens is 334 g/mol. The van der Waals surface area contributed by atoms with Crippen LogP contribution in [-0.2, 0) is 14.4 Å². The van der Waals surface area contributed by atoms with Gasteiger partial charge in [0.15, 0.2) is 0 Å². The van der Waals surface area contributed by atoms with Crippen molar-refractivity contribution in [3.05, 3.63) is 0 Å². The molecular formula is C15H29N3O5S. The molecule has 0 aliphatic rings. The summed E-state index contributed by atoms with van der Waals surface area (Å²) in [5.41, 5.74) is 5.81. The maximum absolute atomic E-state index is 12.3. The van der Waals surface area contributed by atoms with Gasteiger partial charge in [0, 0.05) is 0 Å². The van der Waals surface area contributed by atoms with Crippen molar-refractivity contribution in [3.63, 3.8) is 0 Å². The zero-order chi connectivity index (χ0) is 18.9. The van der Waals surface area contributed by atoms with Gasteiger partial charge in [-0.25, -0.2) is 4.79 Å². The Morgan fingerprint density at radius 1 is 1.17 bits per heavy atom. The normalized spacial score (nSPS) is 17.2. The summed E-state index contributed by atoms with van der Waals surface area (Å²) in [5.74, 6) is -1.99. The molecule has 0 saturated heterocycles. The van der Waals surface area contributed by atoms with E-state index in [0.29, 0.717) is 12.2 Å². The Morgan fingerprint density at radius 2 is 1.75 bits per heavy atom. The number of hydrogen-bond donors (Lipinski definition) is 5. The fourth-order valence-electron chi connectivity index (χ4n) is 1.92. The summed E-state index contributed by atoms with van der Waals surface area (Å²) >= 11 is 1.46. The summed E-state index contributed by atoms with van der Waals surface area (Å²) < 4.78 is 0. The molecule has 8 nitrogen and oxygen atoms in total. The van der Waals surface area contributed by atoms with Gasteiger partial charge in [-0.2, -0.15) is 11.8 Å². The van der Waals surface area contributed by atoms with Crippen molar-refractivity contribution in [2.45, 2.75) is 57.8 Å². The van der Waals surface area contributed by atoms with Crippen molar-refractivity contribution in [3.8, 4) is 0 Å². The number of carbonyl (C=O) groups is 3. The lowest BCUT2D eigenvalue weighted by Crippen LogP contribution is -2.58. The molecule has 0 aliphatic carbocycles. The molecule has 0 saturated carbocycles. The Balaban J connectivity index is 4.94. The summed E-state index contributed by atoms with van der Waals surface area (Å²) in [4.78, 5) is 35.6. The molecule has 9 heteroatoms. The van der Waals surface area contributed by atoms with E-state index in [1.807, 2.05) is 20.1 Å². The minimum Gasteiger partial charge on any atom is -0.480 e. The Bertz CT molecular complexity index is 433. The number of carboxylic acid groups (broad SMARTS) is 1. The molecule has 0 aromatic carbocycles. The SMILES string of the molecule is CCC(C)C(N)C(=O)NC(C(=O)NC(CCSC)C(=O)O)C(C)O. The molecule has 0 aromatic rings. The average Bonchev–Trinajstić information content (AvgIpc) is 2.53. The molecule has 0 heterocycles. The summed E-state index contributed by atoms with van der Waals surface area (Å²) in [6.07, 6.45) is 1.58. The first-order valence-electron chi connectivity index (χ1n) is 7.91. The van der Waals surface area contributed by atoms with Gasteiger partial charge in [-0.05, 0) is 31.3 Å². The van der Waals surface area contributed by atoms with Crippen molar-refractivity contribution in [1.82, 2.24) is 10.6 Å². The van der Waals surface area contributed by atoms with Crippen molar-refractivity contribution in [2.75, 3.05) is 12.0 Å². The number of nitrogens with one attached hydrogen (secondary N) is 2. The zero-order valence-corrected chi connectivity index (χ0v) is 15.4. The maximum atomic E-state index is 12.3. The minimum atomic E-state index is -1.26. The van der Waals surface area contributed by atoms with Crippen molar-refractivity contribution in [1.29, 1.82) is 0 Å². The Kier molecular flexibility index (Phi) is 10.7. The van der Waals surface area contributed by atoms with Crippen LogP contribution in [-0.4, -0.2) is 64.2 Å². The van der Waals surface area contributed by atoms with Crippen LogP contribution in [0.3, 0.4) is 0 Å². The molecule has 2 amide bonds. The third-order valence-corrected chi connectivity index (χ3v) is 4.49. The summed E-state index contributed by atoms with van der Waals surface area (Å²) in [7, 11) is 0. The first kappa shape index (κ1) is 22.7. The second kappa shape index (κ2) is 11.3. The average molecular weight is 363 g/mol. The second-order valence-corrected chi connectivity index (χ2v) is 6.80. The predicted octanol–water partition coefficient (Wildman–Crippen LogP) is -0.452. The zero-order valence-electron chi connectivity index (χ0n) is 14.6. The van der Waals surface area contributed by atoms with Crippen molar-refractivity contribution >= 4 is 29.5 Å². The fourth-order valence-corrected chi connectivity index (χ4v) is 2.39. The van der Waals surface area contributed by atoms with E-state index in [-0.39, 0.29) is 12.3 Å². The molecule has 0 spiro atoms. The van der Waals surface area contributed by atoms with E-state index in [2.05, 4.69) is 10.6 Å². The van der Waals surface area contributed by atoms with E-state index >= 15 is 0 Å². The summed E-state index contributed by atoms with van der Waals surface area (Å²) in [6.45, 7) is 5.04. The highest BCUT2D eigenvalue weighted by atomic mass is 32.2. The quantitative estimate of drug-likeness (QED) is 0.334. The first-order valence-corrected chi connectivity index (χ1v) is 9.31. The number of nitrogens with two attached hydrogens (primary N) is 1. The molecule has 24 heavy (non-hydrogen) atoms. The summed E-state index contributed by atoms with van der Waals surface area (Å²) in [5, 5.41) is 23.7. The topological polar surface area (TPSA) is 142 Å². The standard InChI is InChI=1S/C15H29N3O5S/c1-5-8(2)11(16)13(20)18-12(9(3)19)14(21)17-10(15(22)23)6-7-24-4/h8-12,19H,5-7,16H2,1-4H3,(H,17,21)(H,18,20)(H,22,23). The van der Waals surface area contributed by atoms with Crippen molar-refractivity contribution in [2.24, 2.45) is 11.7 Å². The predicted molar refractivity (Wildman–Crippen MR) is 93.6 cm³/mol. The molecule has 0 bridgehead atoms. The number of rotatable bonds is 11. The smallest absolute Gasteiger partial charge is 0.326 e. The number of carbonyl (C=O) groups excluding carboxylic acids is 2. The lowest BCUT2D eigenvalue weighted by molar-refractivity contribution is -0.143. The van der Waals surface area contributed by atoms with Gasteiger partial charge < -0.3 is 26.6 Å². The number of aliphatic hydroxyl groups excluding tert-OH is 1. The van der Waals surface area contributed by atoms with E-state index in [4.69, 9.17) is 10.8 Å². The number of thioether (sulfide) groups is 1. The van der Waals surface area contributed by atoms with Crippen LogP contribution in [0.5, 0.6) is 0 Å². The van der Waals surface area contributed by atoms with Crippen LogP contribution in [0, 0.1) is 5.92 Å². The lowest BCUT2D eigenvalue weighted by Gasteiger charge is -2.26. The second-order valence-electron chi connectivity index (χ2n) is 5.82. The molecule has 6 N–H and O–H groups in total. The van der Waals surface area contributed by atoms with Crippen LogP contribution in [0.25, 0.3) is 0 Å². The van der Waals surface area contributed by atoms with Crippen LogP contribution in [0.1, 0.15) is 33.6 Å². The fraction of sp³-hybridized carbons (Fsp3) is 0.800. The van der Waals surface area contributed by atoms with E-state index in [1.54, 1.807) is 0 Å². The van der Waals surface area contributed by atoms with E-state index in [1.165, 1.54) is 18.7 Å². The molecule has 5 atom stereocenters.